The highest BCUT2D eigenvalue weighted by atomic mass is 16.6. The van der Waals surface area contributed by atoms with Crippen LogP contribution in [0.2, 0.25) is 0 Å². The topological polar surface area (TPSA) is 149 Å². The van der Waals surface area contributed by atoms with Crippen molar-refractivity contribution < 1.29 is 14.4 Å². The number of hydrogen-bond acceptors (Lipinski definition) is 11. The van der Waals surface area contributed by atoms with E-state index in [1.807, 2.05) is 19.1 Å². The minimum atomic E-state index is -0.561. The third-order valence-corrected chi connectivity index (χ3v) is 4.84. The number of aryl methyl sites for hydroxylation is 2. The van der Waals surface area contributed by atoms with Crippen LogP contribution < -0.4 is 20.9 Å². The predicted molar refractivity (Wildman–Crippen MR) is 133 cm³/mol. The molecule has 0 aliphatic carbocycles. The number of nitrogens with one attached hydrogen (secondary N) is 3. The monoisotopic (exact) mass is 487 g/mol. The Hall–Kier alpha value is -4.71. The molecule has 4 aromatic rings. The number of carbonyl (C=O) groups is 1. The first-order valence-electron chi connectivity index (χ1n) is 11.1. The maximum Gasteiger partial charge on any atom is 0.297 e. The SMILES string of the molecule is CCONC(=O)c1nnc(Nc2cc(C)nc(C)n2)cc1Nc1cccc(-c2ncccn2)c1OC. The van der Waals surface area contributed by atoms with Crippen LogP contribution in [0.3, 0.4) is 0 Å². The van der Waals surface area contributed by atoms with Gasteiger partial charge in [-0.2, -0.15) is 0 Å². The molecule has 0 fully saturated rings. The van der Waals surface area contributed by atoms with Gasteiger partial charge in [-0.15, -0.1) is 10.2 Å². The molecule has 12 nitrogen and oxygen atoms in total. The molecule has 0 unspecified atom stereocenters. The first-order valence-corrected chi connectivity index (χ1v) is 11.1. The van der Waals surface area contributed by atoms with Gasteiger partial charge in [0.05, 0.1) is 30.7 Å². The highest BCUT2D eigenvalue weighted by Crippen LogP contribution is 2.37. The van der Waals surface area contributed by atoms with Gasteiger partial charge in [0.25, 0.3) is 5.91 Å². The standard InChI is InChI=1S/C24H25N9O3/c1-5-36-33-24(34)21-18(13-20(31-32-21)30-19-12-14(2)27-15(3)28-19)29-17-9-6-8-16(22(17)35-4)23-25-10-7-11-26-23/h6-13H,5H2,1-4H3,(H,33,34)(H2,27,28,29,30,31). The number of methoxy groups -OCH3 is 1. The van der Waals surface area contributed by atoms with E-state index in [4.69, 9.17) is 9.57 Å². The van der Waals surface area contributed by atoms with Gasteiger partial charge in [0.15, 0.2) is 23.1 Å². The molecule has 3 heterocycles. The molecule has 36 heavy (non-hydrogen) atoms. The fourth-order valence-corrected chi connectivity index (χ4v) is 3.43. The van der Waals surface area contributed by atoms with Crippen molar-refractivity contribution in [3.8, 4) is 17.1 Å². The van der Waals surface area contributed by atoms with Gasteiger partial charge < -0.3 is 15.4 Å². The number of benzene rings is 1. The van der Waals surface area contributed by atoms with Crippen molar-refractivity contribution >= 4 is 28.9 Å². The fourth-order valence-electron chi connectivity index (χ4n) is 3.43. The fraction of sp³-hybridized carbons (Fsp3) is 0.208. The highest BCUT2D eigenvalue weighted by molar-refractivity contribution is 5.98. The van der Waals surface area contributed by atoms with Crippen LogP contribution in [0.15, 0.2) is 48.8 Å². The molecule has 12 heteroatoms. The quantitative estimate of drug-likeness (QED) is 0.298. The Morgan fingerprint density at radius 1 is 0.944 bits per heavy atom. The van der Waals surface area contributed by atoms with Gasteiger partial charge in [-0.3, -0.25) is 9.63 Å². The van der Waals surface area contributed by atoms with Crippen LogP contribution in [-0.2, 0) is 4.84 Å². The van der Waals surface area contributed by atoms with E-state index in [0.717, 1.165) is 5.69 Å². The largest absolute Gasteiger partial charge is 0.494 e. The van der Waals surface area contributed by atoms with E-state index >= 15 is 0 Å². The van der Waals surface area contributed by atoms with Crippen molar-refractivity contribution in [2.75, 3.05) is 24.4 Å². The third kappa shape index (κ3) is 5.67. The molecule has 0 spiro atoms. The molecule has 0 aliphatic heterocycles. The summed E-state index contributed by atoms with van der Waals surface area (Å²) in [6.07, 6.45) is 3.30. The van der Waals surface area contributed by atoms with Crippen molar-refractivity contribution in [1.29, 1.82) is 0 Å². The summed E-state index contributed by atoms with van der Waals surface area (Å²) in [6, 6.07) is 10.6. The number of ether oxygens (including phenoxy) is 1. The lowest BCUT2D eigenvalue weighted by molar-refractivity contribution is 0.0360. The van der Waals surface area contributed by atoms with Crippen molar-refractivity contribution in [3.63, 3.8) is 0 Å². The molecule has 1 aromatic carbocycles. The van der Waals surface area contributed by atoms with Crippen LogP contribution >= 0.6 is 0 Å². The molecule has 184 valence electrons. The zero-order chi connectivity index (χ0) is 25.5. The number of nitrogens with zero attached hydrogens (tertiary/aromatic N) is 6. The van der Waals surface area contributed by atoms with E-state index < -0.39 is 5.91 Å². The molecule has 0 saturated heterocycles. The average Bonchev–Trinajstić information content (AvgIpc) is 2.87. The second-order valence-electron chi connectivity index (χ2n) is 7.51. The van der Waals surface area contributed by atoms with Crippen molar-refractivity contribution in [3.05, 3.63) is 66.0 Å². The summed E-state index contributed by atoms with van der Waals surface area (Å²) in [5.41, 5.74) is 4.78. The molecule has 1 amide bonds. The maximum absolute atomic E-state index is 12.7. The summed E-state index contributed by atoms with van der Waals surface area (Å²) in [6.45, 7) is 5.72. The Kier molecular flexibility index (Phi) is 7.56. The Labute approximate surface area is 207 Å². The highest BCUT2D eigenvalue weighted by Gasteiger charge is 2.19. The maximum atomic E-state index is 12.7. The number of hydrogen-bond donors (Lipinski definition) is 3. The van der Waals surface area contributed by atoms with E-state index in [9.17, 15) is 4.79 Å². The van der Waals surface area contributed by atoms with Crippen LogP contribution in [0.5, 0.6) is 5.75 Å². The van der Waals surface area contributed by atoms with Gasteiger partial charge >= 0.3 is 0 Å². The minimum absolute atomic E-state index is 0.0208. The van der Waals surface area contributed by atoms with Crippen LogP contribution in [0.4, 0.5) is 23.0 Å². The van der Waals surface area contributed by atoms with Gasteiger partial charge in [-0.05, 0) is 39.0 Å². The van der Waals surface area contributed by atoms with Gasteiger partial charge in [0, 0.05) is 30.2 Å². The molecular weight excluding hydrogens is 462 g/mol. The second kappa shape index (κ2) is 11.1. The molecular formula is C24H25N9O3. The van der Waals surface area contributed by atoms with E-state index in [2.05, 4.69) is 46.2 Å². The first kappa shape index (κ1) is 24.4. The van der Waals surface area contributed by atoms with E-state index in [0.29, 0.717) is 52.6 Å². The van der Waals surface area contributed by atoms with Crippen LogP contribution in [0.1, 0.15) is 28.9 Å². The van der Waals surface area contributed by atoms with Crippen molar-refractivity contribution in [2.24, 2.45) is 0 Å². The minimum Gasteiger partial charge on any atom is -0.494 e. The Morgan fingerprint density at radius 3 is 2.47 bits per heavy atom. The molecule has 0 atom stereocenters. The summed E-state index contributed by atoms with van der Waals surface area (Å²) in [4.78, 5) is 35.1. The van der Waals surface area contributed by atoms with Crippen molar-refractivity contribution in [2.45, 2.75) is 20.8 Å². The van der Waals surface area contributed by atoms with E-state index in [1.165, 1.54) is 0 Å². The van der Waals surface area contributed by atoms with E-state index in [1.54, 1.807) is 57.6 Å². The summed E-state index contributed by atoms with van der Waals surface area (Å²) < 4.78 is 5.68. The lowest BCUT2D eigenvalue weighted by Crippen LogP contribution is -2.26. The van der Waals surface area contributed by atoms with Crippen LogP contribution in [0, 0.1) is 13.8 Å². The lowest BCUT2D eigenvalue weighted by Gasteiger charge is -2.16. The third-order valence-electron chi connectivity index (χ3n) is 4.84. The lowest BCUT2D eigenvalue weighted by atomic mass is 10.1. The molecule has 0 saturated carbocycles. The second-order valence-corrected chi connectivity index (χ2v) is 7.51. The normalized spacial score (nSPS) is 10.6. The Balaban J connectivity index is 1.74. The number of carbonyl (C=O) groups excluding carboxylic acids is 1. The average molecular weight is 488 g/mol. The molecule has 3 N–H and O–H groups in total. The number of amides is 1. The molecule has 0 aliphatic rings. The van der Waals surface area contributed by atoms with Gasteiger partial charge in [0.2, 0.25) is 0 Å². The molecule has 4 rings (SSSR count). The number of para-hydroxylation sites is 1. The predicted octanol–water partition coefficient (Wildman–Crippen LogP) is 3.52. The van der Waals surface area contributed by atoms with Gasteiger partial charge in [0.1, 0.15) is 11.6 Å². The van der Waals surface area contributed by atoms with Crippen LogP contribution in [0.25, 0.3) is 11.4 Å². The van der Waals surface area contributed by atoms with Crippen LogP contribution in [-0.4, -0.2) is 49.8 Å². The summed E-state index contributed by atoms with van der Waals surface area (Å²) in [7, 11) is 1.55. The summed E-state index contributed by atoms with van der Waals surface area (Å²) in [5.74, 6) is 1.96. The molecule has 0 radical (unpaired) electrons. The number of hydroxylamine groups is 1. The first-order chi connectivity index (χ1) is 17.5. The Morgan fingerprint density at radius 2 is 1.75 bits per heavy atom. The van der Waals surface area contributed by atoms with E-state index in [-0.39, 0.29) is 5.69 Å². The number of aromatic nitrogens is 6. The number of rotatable bonds is 9. The Bertz CT molecular complexity index is 1350. The van der Waals surface area contributed by atoms with Crippen molar-refractivity contribution in [1.82, 2.24) is 35.6 Å². The van der Waals surface area contributed by atoms with Gasteiger partial charge in [-0.25, -0.2) is 25.4 Å². The zero-order valence-electron chi connectivity index (χ0n) is 20.2. The summed E-state index contributed by atoms with van der Waals surface area (Å²) >= 11 is 0. The zero-order valence-corrected chi connectivity index (χ0v) is 20.2. The number of anilines is 4. The molecule has 0 bridgehead atoms. The van der Waals surface area contributed by atoms with Gasteiger partial charge in [-0.1, -0.05) is 6.07 Å². The summed E-state index contributed by atoms with van der Waals surface area (Å²) in [5, 5.41) is 14.6. The molecule has 3 aromatic heterocycles. The smallest absolute Gasteiger partial charge is 0.297 e.